The predicted octanol–water partition coefficient (Wildman–Crippen LogP) is 1.46. The molecule has 0 aromatic heterocycles. The first kappa shape index (κ1) is 12.8. The van der Waals surface area contributed by atoms with Crippen LogP contribution in [0.5, 0.6) is 0 Å². The largest absolute Gasteiger partial charge is 0.478 e. The monoisotopic (exact) mass is 252 g/mol. The summed E-state index contributed by atoms with van der Waals surface area (Å²) in [4.78, 5) is 34.0. The van der Waals surface area contributed by atoms with Gasteiger partial charge in [-0.3, -0.25) is 9.59 Å². The molecule has 0 aliphatic heterocycles. The quantitative estimate of drug-likeness (QED) is 0.594. The molecule has 0 amide bonds. The van der Waals surface area contributed by atoms with Crippen LogP contribution in [-0.4, -0.2) is 28.9 Å². The van der Waals surface area contributed by atoms with E-state index in [-0.39, 0.29) is 29.9 Å². The van der Waals surface area contributed by atoms with Crippen LogP contribution >= 0.6 is 0 Å². The SMILES string of the molecule is CC(=O)O[C@H]1CCC2=C(C(=O)O)C(=O)CC[C@@]21C. The zero-order valence-corrected chi connectivity index (χ0v) is 10.5. The average molecular weight is 252 g/mol. The minimum absolute atomic E-state index is 0.0848. The van der Waals surface area contributed by atoms with Crippen LogP contribution < -0.4 is 0 Å². The van der Waals surface area contributed by atoms with E-state index in [2.05, 4.69) is 0 Å². The van der Waals surface area contributed by atoms with E-state index >= 15 is 0 Å². The van der Waals surface area contributed by atoms with E-state index in [4.69, 9.17) is 9.84 Å². The van der Waals surface area contributed by atoms with Gasteiger partial charge in [0.05, 0.1) is 0 Å². The van der Waals surface area contributed by atoms with E-state index in [0.29, 0.717) is 24.8 Å². The Kier molecular flexibility index (Phi) is 3.00. The van der Waals surface area contributed by atoms with Crippen molar-refractivity contribution in [1.29, 1.82) is 0 Å². The van der Waals surface area contributed by atoms with Crippen LogP contribution in [0.1, 0.15) is 39.5 Å². The van der Waals surface area contributed by atoms with Crippen LogP contribution in [0.15, 0.2) is 11.1 Å². The molecule has 0 radical (unpaired) electrons. The summed E-state index contributed by atoms with van der Waals surface area (Å²) in [6, 6.07) is 0. The smallest absolute Gasteiger partial charge is 0.339 e. The summed E-state index contributed by atoms with van der Waals surface area (Å²) in [6.07, 6.45) is 1.56. The first-order valence-corrected chi connectivity index (χ1v) is 6.03. The molecule has 5 heteroatoms. The van der Waals surface area contributed by atoms with Crippen LogP contribution in [0.25, 0.3) is 0 Å². The van der Waals surface area contributed by atoms with E-state index < -0.39 is 11.4 Å². The van der Waals surface area contributed by atoms with Crippen molar-refractivity contribution >= 4 is 17.7 Å². The highest BCUT2D eigenvalue weighted by atomic mass is 16.5. The molecule has 0 unspecified atom stereocenters. The maximum Gasteiger partial charge on any atom is 0.339 e. The standard InChI is InChI=1S/C13H16O5/c1-7(14)18-10-4-3-8-11(12(16)17)9(15)5-6-13(8,10)2/h10H,3-6H2,1-2H3,(H,16,17)/t10-,13-/m0/s1. The number of hydrogen-bond acceptors (Lipinski definition) is 4. The number of carbonyl (C=O) groups excluding carboxylic acids is 2. The van der Waals surface area contributed by atoms with Crippen molar-refractivity contribution in [2.24, 2.45) is 5.41 Å². The van der Waals surface area contributed by atoms with Gasteiger partial charge in [0.2, 0.25) is 0 Å². The van der Waals surface area contributed by atoms with Gasteiger partial charge in [-0.25, -0.2) is 4.79 Å². The normalized spacial score (nSPS) is 31.2. The lowest BCUT2D eigenvalue weighted by Gasteiger charge is -2.35. The third-order valence-electron chi connectivity index (χ3n) is 4.03. The summed E-state index contributed by atoms with van der Waals surface area (Å²) >= 11 is 0. The Balaban J connectivity index is 2.43. The summed E-state index contributed by atoms with van der Waals surface area (Å²) in [7, 11) is 0. The summed E-state index contributed by atoms with van der Waals surface area (Å²) in [6.45, 7) is 3.23. The summed E-state index contributed by atoms with van der Waals surface area (Å²) in [5.41, 5.74) is 0.0729. The molecule has 1 fully saturated rings. The van der Waals surface area contributed by atoms with E-state index in [0.717, 1.165) is 0 Å². The molecule has 0 bridgehead atoms. The topological polar surface area (TPSA) is 80.7 Å². The molecular formula is C13H16O5. The molecule has 98 valence electrons. The molecule has 0 aromatic carbocycles. The molecule has 2 aliphatic rings. The Morgan fingerprint density at radius 1 is 1.39 bits per heavy atom. The highest BCUT2D eigenvalue weighted by molar-refractivity contribution is 6.18. The zero-order valence-electron chi connectivity index (χ0n) is 10.5. The fraction of sp³-hybridized carbons (Fsp3) is 0.615. The van der Waals surface area contributed by atoms with Gasteiger partial charge in [0, 0.05) is 18.8 Å². The third kappa shape index (κ3) is 1.83. The maximum atomic E-state index is 11.7. The number of rotatable bonds is 2. The Morgan fingerprint density at radius 3 is 2.61 bits per heavy atom. The molecule has 1 saturated carbocycles. The van der Waals surface area contributed by atoms with Gasteiger partial charge in [-0.2, -0.15) is 0 Å². The van der Waals surface area contributed by atoms with Crippen LogP contribution in [0.3, 0.4) is 0 Å². The number of ether oxygens (including phenoxy) is 1. The predicted molar refractivity (Wildman–Crippen MR) is 61.8 cm³/mol. The van der Waals surface area contributed by atoms with Crippen molar-refractivity contribution in [2.75, 3.05) is 0 Å². The molecule has 5 nitrogen and oxygen atoms in total. The lowest BCUT2D eigenvalue weighted by Crippen LogP contribution is -2.37. The molecule has 0 aromatic rings. The van der Waals surface area contributed by atoms with Gasteiger partial charge in [-0.15, -0.1) is 0 Å². The number of hydrogen-bond donors (Lipinski definition) is 1. The third-order valence-corrected chi connectivity index (χ3v) is 4.03. The fourth-order valence-corrected chi connectivity index (χ4v) is 3.10. The first-order chi connectivity index (χ1) is 8.36. The second-order valence-corrected chi connectivity index (χ2v) is 5.14. The first-order valence-electron chi connectivity index (χ1n) is 6.03. The van der Waals surface area contributed by atoms with Crippen molar-refractivity contribution < 1.29 is 24.2 Å². The fourth-order valence-electron chi connectivity index (χ4n) is 3.10. The Bertz CT molecular complexity index is 462. The highest BCUT2D eigenvalue weighted by Gasteiger charge is 2.50. The Labute approximate surface area is 105 Å². The molecule has 0 saturated heterocycles. The Morgan fingerprint density at radius 2 is 2.06 bits per heavy atom. The van der Waals surface area contributed by atoms with Crippen molar-refractivity contribution in [3.05, 3.63) is 11.1 Å². The zero-order chi connectivity index (χ0) is 13.5. The number of carboxylic acid groups (broad SMARTS) is 1. The lowest BCUT2D eigenvalue weighted by atomic mass is 9.71. The van der Waals surface area contributed by atoms with Gasteiger partial charge in [0.25, 0.3) is 0 Å². The number of ketones is 1. The van der Waals surface area contributed by atoms with Gasteiger partial charge in [0.15, 0.2) is 5.78 Å². The van der Waals surface area contributed by atoms with E-state index in [1.165, 1.54) is 6.92 Å². The molecule has 0 spiro atoms. The molecule has 2 rings (SSSR count). The molecular weight excluding hydrogens is 236 g/mol. The van der Waals surface area contributed by atoms with E-state index in [1.54, 1.807) is 0 Å². The van der Waals surface area contributed by atoms with Crippen LogP contribution in [0.2, 0.25) is 0 Å². The molecule has 2 aliphatic carbocycles. The van der Waals surface area contributed by atoms with Gasteiger partial charge in [-0.1, -0.05) is 6.92 Å². The van der Waals surface area contributed by atoms with Gasteiger partial charge >= 0.3 is 11.9 Å². The van der Waals surface area contributed by atoms with E-state index in [1.807, 2.05) is 6.92 Å². The molecule has 1 N–H and O–H groups in total. The summed E-state index contributed by atoms with van der Waals surface area (Å²) in [5, 5.41) is 9.15. The second kappa shape index (κ2) is 4.23. The number of esters is 1. The van der Waals surface area contributed by atoms with Gasteiger partial charge in [0.1, 0.15) is 11.7 Å². The van der Waals surface area contributed by atoms with Crippen molar-refractivity contribution in [2.45, 2.75) is 45.6 Å². The van der Waals surface area contributed by atoms with E-state index in [9.17, 15) is 14.4 Å². The number of carbonyl (C=O) groups is 3. The second-order valence-electron chi connectivity index (χ2n) is 5.14. The summed E-state index contributed by atoms with van der Waals surface area (Å²) in [5.74, 6) is -1.83. The Hall–Kier alpha value is -1.65. The van der Waals surface area contributed by atoms with Crippen LogP contribution in [0, 0.1) is 5.41 Å². The van der Waals surface area contributed by atoms with Gasteiger partial charge in [-0.05, 0) is 24.8 Å². The van der Waals surface area contributed by atoms with Crippen LogP contribution in [0.4, 0.5) is 0 Å². The lowest BCUT2D eigenvalue weighted by molar-refractivity contribution is -0.150. The van der Waals surface area contributed by atoms with Crippen LogP contribution in [-0.2, 0) is 19.1 Å². The number of carboxylic acids is 1. The number of fused-ring (bicyclic) bond motifs is 1. The number of aliphatic carboxylic acids is 1. The average Bonchev–Trinajstić information content (AvgIpc) is 2.56. The minimum atomic E-state index is -1.16. The van der Waals surface area contributed by atoms with Crippen molar-refractivity contribution in [3.63, 3.8) is 0 Å². The minimum Gasteiger partial charge on any atom is -0.478 e. The van der Waals surface area contributed by atoms with Crippen molar-refractivity contribution in [3.8, 4) is 0 Å². The molecule has 0 heterocycles. The molecule has 2 atom stereocenters. The maximum absolute atomic E-state index is 11.7. The van der Waals surface area contributed by atoms with Crippen molar-refractivity contribution in [1.82, 2.24) is 0 Å². The highest BCUT2D eigenvalue weighted by Crippen LogP contribution is 2.51. The number of Topliss-reactive ketones (excluding diaryl/α,β-unsaturated/α-hetero) is 1. The summed E-state index contributed by atoms with van der Waals surface area (Å²) < 4.78 is 5.27. The van der Waals surface area contributed by atoms with Gasteiger partial charge < -0.3 is 9.84 Å². The molecule has 18 heavy (non-hydrogen) atoms.